The summed E-state index contributed by atoms with van der Waals surface area (Å²) in [6, 6.07) is 8.42. The van der Waals surface area contributed by atoms with E-state index in [0.717, 1.165) is 28.2 Å². The van der Waals surface area contributed by atoms with Gasteiger partial charge in [0.05, 0.1) is 5.69 Å². The lowest BCUT2D eigenvalue weighted by Gasteiger charge is -2.06. The summed E-state index contributed by atoms with van der Waals surface area (Å²) in [5, 5.41) is 3.15. The van der Waals surface area contributed by atoms with Crippen LogP contribution in [0.25, 0.3) is 11.4 Å². The Hall–Kier alpha value is -1.13. The van der Waals surface area contributed by atoms with E-state index < -0.39 is 0 Å². The van der Waals surface area contributed by atoms with Crippen LogP contribution in [-0.2, 0) is 13.6 Å². The van der Waals surface area contributed by atoms with Crippen molar-refractivity contribution in [1.29, 1.82) is 0 Å². The summed E-state index contributed by atoms with van der Waals surface area (Å²) >= 11 is 3.51. The van der Waals surface area contributed by atoms with Gasteiger partial charge in [-0.1, -0.05) is 29.8 Å². The average Bonchev–Trinajstić information content (AvgIpc) is 2.59. The molecule has 0 aliphatic heterocycles. The highest BCUT2D eigenvalue weighted by atomic mass is 79.9. The molecule has 0 saturated carbocycles. The minimum atomic E-state index is 0.802. The monoisotopic (exact) mass is 293 g/mol. The van der Waals surface area contributed by atoms with Gasteiger partial charge in [0.1, 0.15) is 10.4 Å². The van der Waals surface area contributed by atoms with Crippen molar-refractivity contribution < 1.29 is 0 Å². The Morgan fingerprint density at radius 1 is 1.29 bits per heavy atom. The predicted octanol–water partition coefficient (Wildman–Crippen LogP) is 2.88. The van der Waals surface area contributed by atoms with Crippen molar-refractivity contribution in [2.24, 2.45) is 7.05 Å². The number of aryl methyl sites for hydroxylation is 1. The van der Waals surface area contributed by atoms with Crippen LogP contribution in [0.2, 0.25) is 0 Å². The Morgan fingerprint density at radius 2 is 1.94 bits per heavy atom. The molecule has 0 saturated heterocycles. The smallest absolute Gasteiger partial charge is 0.141 e. The Labute approximate surface area is 110 Å². The van der Waals surface area contributed by atoms with Gasteiger partial charge in [-0.15, -0.1) is 0 Å². The van der Waals surface area contributed by atoms with Crippen LogP contribution in [0.4, 0.5) is 0 Å². The number of hydrogen-bond donors (Lipinski definition) is 1. The van der Waals surface area contributed by atoms with Crippen LogP contribution in [0.1, 0.15) is 11.3 Å². The molecule has 0 aliphatic rings. The molecule has 0 unspecified atom stereocenters. The molecule has 0 fully saturated rings. The Balaban J connectivity index is 2.46. The molecule has 17 heavy (non-hydrogen) atoms. The number of nitrogens with zero attached hydrogens (tertiary/aromatic N) is 2. The summed E-state index contributed by atoms with van der Waals surface area (Å²) in [4.78, 5) is 4.57. The van der Waals surface area contributed by atoms with Crippen LogP contribution in [0.5, 0.6) is 0 Å². The lowest BCUT2D eigenvalue weighted by Crippen LogP contribution is -2.10. The van der Waals surface area contributed by atoms with Crippen LogP contribution in [-0.4, -0.2) is 16.6 Å². The molecule has 0 amide bonds. The van der Waals surface area contributed by atoms with E-state index in [2.05, 4.69) is 62.0 Å². The molecule has 3 nitrogen and oxygen atoms in total. The van der Waals surface area contributed by atoms with E-state index in [1.54, 1.807) is 0 Å². The first kappa shape index (κ1) is 12.3. The third-order valence-corrected chi connectivity index (χ3v) is 3.45. The molecule has 0 radical (unpaired) electrons. The first-order valence-corrected chi connectivity index (χ1v) is 6.35. The number of benzene rings is 1. The van der Waals surface area contributed by atoms with Gasteiger partial charge in [0.15, 0.2) is 0 Å². The van der Waals surface area contributed by atoms with Gasteiger partial charge in [-0.2, -0.15) is 0 Å². The van der Waals surface area contributed by atoms with Crippen LogP contribution in [0.15, 0.2) is 28.9 Å². The predicted molar refractivity (Wildman–Crippen MR) is 73.8 cm³/mol. The molecule has 2 rings (SSSR count). The van der Waals surface area contributed by atoms with E-state index in [9.17, 15) is 0 Å². The molecule has 1 aromatic carbocycles. The fourth-order valence-electron chi connectivity index (χ4n) is 1.82. The highest BCUT2D eigenvalue weighted by Gasteiger charge is 2.13. The van der Waals surface area contributed by atoms with E-state index in [-0.39, 0.29) is 0 Å². The van der Waals surface area contributed by atoms with Crippen molar-refractivity contribution in [1.82, 2.24) is 14.9 Å². The Kier molecular flexibility index (Phi) is 3.64. The van der Waals surface area contributed by atoms with Crippen molar-refractivity contribution in [2.45, 2.75) is 13.5 Å². The van der Waals surface area contributed by atoms with E-state index in [4.69, 9.17) is 0 Å². The zero-order valence-corrected chi connectivity index (χ0v) is 11.9. The fourth-order valence-corrected chi connectivity index (χ4v) is 2.39. The quantitative estimate of drug-likeness (QED) is 0.943. The summed E-state index contributed by atoms with van der Waals surface area (Å²) in [6.07, 6.45) is 0. The number of nitrogens with one attached hydrogen (secondary N) is 1. The highest BCUT2D eigenvalue weighted by molar-refractivity contribution is 9.10. The van der Waals surface area contributed by atoms with Crippen molar-refractivity contribution in [3.8, 4) is 11.4 Å². The second-order valence-corrected chi connectivity index (χ2v) is 4.88. The van der Waals surface area contributed by atoms with E-state index in [1.807, 2.05) is 14.1 Å². The van der Waals surface area contributed by atoms with Gasteiger partial charge in [-0.05, 0) is 29.9 Å². The third-order valence-electron chi connectivity index (χ3n) is 2.82. The molecule has 4 heteroatoms. The number of hydrogen-bond acceptors (Lipinski definition) is 2. The minimum Gasteiger partial charge on any atom is -0.329 e. The van der Waals surface area contributed by atoms with Gasteiger partial charge in [-0.25, -0.2) is 4.98 Å². The van der Waals surface area contributed by atoms with Crippen molar-refractivity contribution in [3.05, 3.63) is 40.1 Å². The standard InChI is InChI=1S/C13H16BrN3/c1-9-4-6-10(7-5-9)13-16-12(14)11(8-15-2)17(13)3/h4-7,15H,8H2,1-3H3. The van der Waals surface area contributed by atoms with Crippen LogP contribution in [0, 0.1) is 6.92 Å². The van der Waals surface area contributed by atoms with Gasteiger partial charge in [0.25, 0.3) is 0 Å². The molecule has 0 aliphatic carbocycles. The van der Waals surface area contributed by atoms with E-state index >= 15 is 0 Å². The largest absolute Gasteiger partial charge is 0.329 e. The van der Waals surface area contributed by atoms with Gasteiger partial charge in [0.2, 0.25) is 0 Å². The molecule has 1 N–H and O–H groups in total. The molecular formula is C13H16BrN3. The maximum absolute atomic E-state index is 4.57. The van der Waals surface area contributed by atoms with Crippen LogP contribution < -0.4 is 5.32 Å². The lowest BCUT2D eigenvalue weighted by atomic mass is 10.1. The lowest BCUT2D eigenvalue weighted by molar-refractivity contribution is 0.734. The second kappa shape index (κ2) is 5.02. The third kappa shape index (κ3) is 2.42. The molecule has 0 bridgehead atoms. The molecule has 0 atom stereocenters. The molecule has 0 spiro atoms. The number of aromatic nitrogens is 2. The van der Waals surface area contributed by atoms with Gasteiger partial charge < -0.3 is 9.88 Å². The number of halogens is 1. The minimum absolute atomic E-state index is 0.802. The zero-order valence-electron chi connectivity index (χ0n) is 10.3. The summed E-state index contributed by atoms with van der Waals surface area (Å²) in [5.41, 5.74) is 3.56. The SMILES string of the molecule is CNCc1c(Br)nc(-c2ccc(C)cc2)n1C. The van der Waals surface area contributed by atoms with Crippen molar-refractivity contribution >= 4 is 15.9 Å². The van der Waals surface area contributed by atoms with Crippen LogP contribution >= 0.6 is 15.9 Å². The van der Waals surface area contributed by atoms with Gasteiger partial charge >= 0.3 is 0 Å². The maximum atomic E-state index is 4.57. The maximum Gasteiger partial charge on any atom is 0.141 e. The Bertz CT molecular complexity index is 514. The number of imidazole rings is 1. The molecule has 90 valence electrons. The fraction of sp³-hybridized carbons (Fsp3) is 0.308. The second-order valence-electron chi connectivity index (χ2n) is 4.13. The van der Waals surface area contributed by atoms with Crippen molar-refractivity contribution in [2.75, 3.05) is 7.05 Å². The zero-order chi connectivity index (χ0) is 12.4. The Morgan fingerprint density at radius 3 is 2.53 bits per heavy atom. The summed E-state index contributed by atoms with van der Waals surface area (Å²) in [5.74, 6) is 0.988. The summed E-state index contributed by atoms with van der Waals surface area (Å²) < 4.78 is 3.02. The number of rotatable bonds is 3. The molecule has 1 heterocycles. The average molecular weight is 294 g/mol. The first-order chi connectivity index (χ1) is 8.13. The van der Waals surface area contributed by atoms with Gasteiger partial charge in [-0.3, -0.25) is 0 Å². The van der Waals surface area contributed by atoms with E-state index in [1.165, 1.54) is 5.56 Å². The molecule has 1 aromatic heterocycles. The van der Waals surface area contributed by atoms with Gasteiger partial charge in [0, 0.05) is 19.2 Å². The first-order valence-electron chi connectivity index (χ1n) is 5.56. The highest BCUT2D eigenvalue weighted by Crippen LogP contribution is 2.24. The molecular weight excluding hydrogens is 278 g/mol. The summed E-state index contributed by atoms with van der Waals surface area (Å²) in [6.45, 7) is 2.89. The normalized spacial score (nSPS) is 10.8. The van der Waals surface area contributed by atoms with E-state index in [0.29, 0.717) is 0 Å². The summed E-state index contributed by atoms with van der Waals surface area (Å²) in [7, 11) is 3.98. The molecule has 2 aromatic rings. The van der Waals surface area contributed by atoms with Crippen molar-refractivity contribution in [3.63, 3.8) is 0 Å². The topological polar surface area (TPSA) is 29.9 Å². The van der Waals surface area contributed by atoms with Crippen LogP contribution in [0.3, 0.4) is 0 Å².